The molecule has 1 atom stereocenters. The lowest BCUT2D eigenvalue weighted by molar-refractivity contribution is -0.119. The van der Waals surface area contributed by atoms with E-state index in [2.05, 4.69) is 5.32 Å². The van der Waals surface area contributed by atoms with Crippen molar-refractivity contribution >= 4 is 11.6 Å². The first-order valence-corrected chi connectivity index (χ1v) is 7.23. The van der Waals surface area contributed by atoms with E-state index in [0.29, 0.717) is 31.2 Å². The summed E-state index contributed by atoms with van der Waals surface area (Å²) < 4.78 is 14.3. The topological polar surface area (TPSA) is 58.4 Å². The summed E-state index contributed by atoms with van der Waals surface area (Å²) in [6.07, 6.45) is 4.01. The monoisotopic (exact) mass is 277 g/mol. The molecule has 1 saturated heterocycles. The second-order valence-corrected chi connectivity index (χ2v) is 5.69. The first-order chi connectivity index (χ1) is 9.65. The molecule has 1 saturated carbocycles. The van der Waals surface area contributed by atoms with Crippen LogP contribution in [0.15, 0.2) is 18.2 Å². The van der Waals surface area contributed by atoms with Crippen molar-refractivity contribution in [3.8, 4) is 0 Å². The predicted octanol–water partition coefficient (Wildman–Crippen LogP) is 1.53. The summed E-state index contributed by atoms with van der Waals surface area (Å²) in [5, 5.41) is 3.36. The van der Waals surface area contributed by atoms with Gasteiger partial charge in [0.15, 0.2) is 0 Å². The van der Waals surface area contributed by atoms with Gasteiger partial charge in [0, 0.05) is 19.1 Å². The molecule has 2 fully saturated rings. The number of primary amides is 1. The van der Waals surface area contributed by atoms with Gasteiger partial charge in [-0.1, -0.05) is 6.07 Å². The summed E-state index contributed by atoms with van der Waals surface area (Å²) in [7, 11) is 0. The molecule has 0 spiro atoms. The molecule has 0 aromatic heterocycles. The van der Waals surface area contributed by atoms with Crippen molar-refractivity contribution in [2.75, 3.05) is 11.4 Å². The molecular formula is C15H20FN3O. The highest BCUT2D eigenvalue weighted by molar-refractivity contribution is 5.84. The maximum absolute atomic E-state index is 14.3. The Kier molecular flexibility index (Phi) is 3.61. The number of amides is 1. The van der Waals surface area contributed by atoms with E-state index in [1.54, 1.807) is 17.0 Å². The van der Waals surface area contributed by atoms with Crippen molar-refractivity contribution in [1.82, 2.24) is 5.32 Å². The molecule has 4 nitrogen and oxygen atoms in total. The smallest absolute Gasteiger partial charge is 0.240 e. The Balaban J connectivity index is 1.74. The van der Waals surface area contributed by atoms with Crippen LogP contribution in [-0.4, -0.2) is 24.5 Å². The molecule has 1 aliphatic heterocycles. The van der Waals surface area contributed by atoms with Crippen LogP contribution in [0.1, 0.15) is 31.2 Å². The van der Waals surface area contributed by atoms with Crippen LogP contribution in [0.2, 0.25) is 0 Å². The van der Waals surface area contributed by atoms with Gasteiger partial charge in [0.2, 0.25) is 5.91 Å². The molecule has 0 bridgehead atoms. The van der Waals surface area contributed by atoms with Gasteiger partial charge in [0.1, 0.15) is 11.9 Å². The van der Waals surface area contributed by atoms with Crippen LogP contribution in [0.3, 0.4) is 0 Å². The molecule has 5 heteroatoms. The number of carbonyl (C=O) groups excluding carboxylic acids is 1. The van der Waals surface area contributed by atoms with E-state index < -0.39 is 0 Å². The highest BCUT2D eigenvalue weighted by Crippen LogP contribution is 2.28. The average molecular weight is 277 g/mol. The number of nitrogens with one attached hydrogen (secondary N) is 1. The molecule has 2 aliphatic rings. The lowest BCUT2D eigenvalue weighted by Gasteiger charge is -2.25. The van der Waals surface area contributed by atoms with E-state index in [-0.39, 0.29) is 17.8 Å². The third-order valence-electron chi connectivity index (χ3n) is 4.07. The summed E-state index contributed by atoms with van der Waals surface area (Å²) >= 11 is 0. The summed E-state index contributed by atoms with van der Waals surface area (Å²) in [6.45, 7) is 1.38. The molecule has 1 amide bonds. The molecule has 3 N–H and O–H groups in total. The molecule has 1 heterocycles. The third kappa shape index (κ3) is 2.77. The summed E-state index contributed by atoms with van der Waals surface area (Å²) in [4.78, 5) is 13.2. The molecular weight excluding hydrogens is 257 g/mol. The quantitative estimate of drug-likeness (QED) is 0.858. The number of hydrogen-bond donors (Lipinski definition) is 2. The van der Waals surface area contributed by atoms with Crippen LogP contribution in [0.25, 0.3) is 0 Å². The Morgan fingerprint density at radius 2 is 2.20 bits per heavy atom. The molecule has 1 aromatic carbocycles. The summed E-state index contributed by atoms with van der Waals surface area (Å²) in [5.41, 5.74) is 6.81. The Morgan fingerprint density at radius 1 is 1.40 bits per heavy atom. The zero-order chi connectivity index (χ0) is 14.1. The van der Waals surface area contributed by atoms with Gasteiger partial charge in [-0.3, -0.25) is 4.79 Å². The molecule has 1 unspecified atom stereocenters. The highest BCUT2D eigenvalue weighted by atomic mass is 19.1. The van der Waals surface area contributed by atoms with Crippen molar-refractivity contribution in [3.63, 3.8) is 0 Å². The SMILES string of the molecule is NC(=O)C1CCCN1c1ccc(CNC2CC2)cc1F. The largest absolute Gasteiger partial charge is 0.368 e. The number of halogens is 1. The standard InChI is InChI=1S/C15H20FN3O/c16-12-8-10(9-18-11-4-5-11)3-6-13(12)19-7-1-2-14(19)15(17)20/h3,6,8,11,14,18H,1-2,4-5,7,9H2,(H2,17,20). The zero-order valence-electron chi connectivity index (χ0n) is 11.4. The van der Waals surface area contributed by atoms with Crippen LogP contribution < -0.4 is 16.0 Å². The van der Waals surface area contributed by atoms with Crippen molar-refractivity contribution in [1.29, 1.82) is 0 Å². The molecule has 20 heavy (non-hydrogen) atoms. The summed E-state index contributed by atoms with van der Waals surface area (Å²) in [6, 6.07) is 5.47. The minimum Gasteiger partial charge on any atom is -0.368 e. The van der Waals surface area contributed by atoms with E-state index in [9.17, 15) is 9.18 Å². The van der Waals surface area contributed by atoms with Gasteiger partial charge in [-0.05, 0) is 43.4 Å². The fourth-order valence-corrected chi connectivity index (χ4v) is 2.79. The van der Waals surface area contributed by atoms with E-state index >= 15 is 0 Å². The molecule has 108 valence electrons. The Bertz CT molecular complexity index is 516. The molecule has 1 aromatic rings. The Hall–Kier alpha value is -1.62. The number of carbonyl (C=O) groups is 1. The van der Waals surface area contributed by atoms with Gasteiger partial charge in [-0.15, -0.1) is 0 Å². The maximum atomic E-state index is 14.3. The van der Waals surface area contributed by atoms with Crippen LogP contribution in [-0.2, 0) is 11.3 Å². The molecule has 1 aliphatic carbocycles. The number of nitrogens with two attached hydrogens (primary N) is 1. The zero-order valence-corrected chi connectivity index (χ0v) is 11.4. The number of rotatable bonds is 5. The first kappa shape index (κ1) is 13.4. The molecule has 0 radical (unpaired) electrons. The van der Waals surface area contributed by atoms with Crippen LogP contribution in [0.4, 0.5) is 10.1 Å². The lowest BCUT2D eigenvalue weighted by atomic mass is 10.1. The normalized spacial score (nSPS) is 22.2. The van der Waals surface area contributed by atoms with Crippen molar-refractivity contribution in [3.05, 3.63) is 29.6 Å². The maximum Gasteiger partial charge on any atom is 0.240 e. The minimum absolute atomic E-state index is 0.270. The number of benzene rings is 1. The Labute approximate surface area is 118 Å². The van der Waals surface area contributed by atoms with E-state index in [1.807, 2.05) is 6.07 Å². The van der Waals surface area contributed by atoms with Gasteiger partial charge in [0.25, 0.3) is 0 Å². The van der Waals surface area contributed by atoms with Crippen LogP contribution in [0.5, 0.6) is 0 Å². The van der Waals surface area contributed by atoms with Gasteiger partial charge >= 0.3 is 0 Å². The van der Waals surface area contributed by atoms with Crippen molar-refractivity contribution in [2.24, 2.45) is 5.73 Å². The highest BCUT2D eigenvalue weighted by Gasteiger charge is 2.30. The van der Waals surface area contributed by atoms with Crippen molar-refractivity contribution in [2.45, 2.75) is 44.3 Å². The van der Waals surface area contributed by atoms with Crippen LogP contribution in [0, 0.1) is 5.82 Å². The summed E-state index contributed by atoms with van der Waals surface area (Å²) in [5.74, 6) is -0.644. The van der Waals surface area contributed by atoms with E-state index in [1.165, 1.54) is 12.8 Å². The minimum atomic E-state index is -0.375. The lowest BCUT2D eigenvalue weighted by Crippen LogP contribution is -2.40. The van der Waals surface area contributed by atoms with Gasteiger partial charge in [-0.25, -0.2) is 4.39 Å². The first-order valence-electron chi connectivity index (χ1n) is 7.23. The fraction of sp³-hybridized carbons (Fsp3) is 0.533. The van der Waals surface area contributed by atoms with E-state index in [4.69, 9.17) is 5.73 Å². The number of anilines is 1. The van der Waals surface area contributed by atoms with Crippen LogP contribution >= 0.6 is 0 Å². The third-order valence-corrected chi connectivity index (χ3v) is 4.07. The van der Waals surface area contributed by atoms with Gasteiger partial charge < -0.3 is 16.0 Å². The van der Waals surface area contributed by atoms with E-state index in [0.717, 1.165) is 12.0 Å². The van der Waals surface area contributed by atoms with Gasteiger partial charge in [-0.2, -0.15) is 0 Å². The fourth-order valence-electron chi connectivity index (χ4n) is 2.79. The van der Waals surface area contributed by atoms with Gasteiger partial charge in [0.05, 0.1) is 5.69 Å². The number of nitrogens with zero attached hydrogens (tertiary/aromatic N) is 1. The molecule has 3 rings (SSSR count). The predicted molar refractivity (Wildman–Crippen MR) is 75.8 cm³/mol. The Morgan fingerprint density at radius 3 is 2.85 bits per heavy atom. The second kappa shape index (κ2) is 5.40. The van der Waals surface area contributed by atoms with Crippen molar-refractivity contribution < 1.29 is 9.18 Å². The average Bonchev–Trinajstić information content (AvgIpc) is 3.11. The second-order valence-electron chi connectivity index (χ2n) is 5.69. The number of hydrogen-bond acceptors (Lipinski definition) is 3.